The minimum atomic E-state index is -0.535. The Labute approximate surface area is 207 Å². The molecule has 1 N–H and O–H groups in total. The normalized spacial score (nSPS) is 12.2. The Hall–Kier alpha value is -2.18. The van der Waals surface area contributed by atoms with E-state index in [1.54, 1.807) is 23.8 Å². The molecule has 0 radical (unpaired) electrons. The molecule has 0 aliphatic heterocycles. The lowest BCUT2D eigenvalue weighted by Gasteiger charge is -2.33. The molecule has 0 aromatic heterocycles. The molecule has 180 valence electrons. The third kappa shape index (κ3) is 9.30. The molecule has 0 aliphatic carbocycles. The number of halogens is 1. The number of rotatable bonds is 11. The molecule has 2 aromatic carbocycles. The Kier molecular flexibility index (Phi) is 10.6. The Morgan fingerprint density at radius 3 is 2.45 bits per heavy atom. The number of nitrogens with zero attached hydrogens (tertiary/aromatic N) is 1. The second-order valence-corrected chi connectivity index (χ2v) is 10.5. The topological polar surface area (TPSA) is 58.6 Å². The van der Waals surface area contributed by atoms with E-state index in [1.807, 2.05) is 76.2 Å². The summed E-state index contributed by atoms with van der Waals surface area (Å²) < 4.78 is 5.33. The van der Waals surface area contributed by atoms with E-state index >= 15 is 0 Å². The molecular formula is C26H35ClN2O3S. The number of amides is 2. The molecule has 2 rings (SSSR count). The van der Waals surface area contributed by atoms with Crippen LogP contribution in [0.2, 0.25) is 5.02 Å². The maximum Gasteiger partial charge on any atom is 0.243 e. The summed E-state index contributed by atoms with van der Waals surface area (Å²) in [6.07, 6.45) is 1.64. The minimum Gasteiger partial charge on any atom is -0.497 e. The van der Waals surface area contributed by atoms with Gasteiger partial charge in [0.05, 0.1) is 7.11 Å². The summed E-state index contributed by atoms with van der Waals surface area (Å²) in [7, 11) is 1.62. The van der Waals surface area contributed by atoms with Gasteiger partial charge in [0.1, 0.15) is 11.8 Å². The molecule has 1 atom stereocenters. The highest BCUT2D eigenvalue weighted by atomic mass is 35.5. The molecule has 0 bridgehead atoms. The van der Waals surface area contributed by atoms with Crippen molar-refractivity contribution >= 4 is 35.2 Å². The summed E-state index contributed by atoms with van der Waals surface area (Å²) in [6, 6.07) is 14.8. The van der Waals surface area contributed by atoms with Crippen LogP contribution >= 0.6 is 23.4 Å². The Bertz CT molecular complexity index is 912. The van der Waals surface area contributed by atoms with Crippen molar-refractivity contribution in [2.24, 2.45) is 0 Å². The van der Waals surface area contributed by atoms with Gasteiger partial charge in [0, 0.05) is 28.4 Å². The van der Waals surface area contributed by atoms with Crippen molar-refractivity contribution in [3.05, 3.63) is 59.1 Å². The van der Waals surface area contributed by atoms with Crippen LogP contribution in [0.1, 0.15) is 52.5 Å². The first-order valence-corrected chi connectivity index (χ1v) is 12.6. The number of hydrogen-bond donors (Lipinski definition) is 1. The molecular weight excluding hydrogens is 456 g/mol. The highest BCUT2D eigenvalue weighted by molar-refractivity contribution is 7.99. The number of carbonyl (C=O) groups excluding carboxylic acids is 2. The van der Waals surface area contributed by atoms with Crippen molar-refractivity contribution in [3.8, 4) is 5.75 Å². The Morgan fingerprint density at radius 1 is 1.15 bits per heavy atom. The first kappa shape index (κ1) is 27.1. The van der Waals surface area contributed by atoms with Gasteiger partial charge in [0.25, 0.3) is 0 Å². The van der Waals surface area contributed by atoms with E-state index < -0.39 is 6.04 Å². The maximum atomic E-state index is 13.3. The molecule has 33 heavy (non-hydrogen) atoms. The molecule has 2 aromatic rings. The van der Waals surface area contributed by atoms with Gasteiger partial charge in [-0.2, -0.15) is 0 Å². The molecule has 5 nitrogen and oxygen atoms in total. The predicted molar refractivity (Wildman–Crippen MR) is 137 cm³/mol. The summed E-state index contributed by atoms with van der Waals surface area (Å²) in [5.41, 5.74) is 0.560. The molecule has 0 unspecified atom stereocenters. The van der Waals surface area contributed by atoms with Crippen LogP contribution in [0.5, 0.6) is 5.75 Å². The average Bonchev–Trinajstić information content (AvgIpc) is 2.76. The van der Waals surface area contributed by atoms with Crippen LogP contribution in [0, 0.1) is 0 Å². The quantitative estimate of drug-likeness (QED) is 0.312. The second-order valence-electron chi connectivity index (χ2n) is 8.94. The van der Waals surface area contributed by atoms with E-state index in [0.29, 0.717) is 24.4 Å². The standard InChI is InChI=1S/C26H35ClN2O3S/c1-6-23(25(31)28-26(2,3)4)29(18-19-9-7-10-21(17-19)32-5)24(30)11-8-16-33-22-14-12-20(27)13-15-22/h7,9-10,12-15,17,23H,6,8,11,16,18H2,1-5H3,(H,28,31)/t23-/m1/s1. The fourth-order valence-electron chi connectivity index (χ4n) is 3.43. The van der Waals surface area contributed by atoms with Gasteiger partial charge in [-0.3, -0.25) is 9.59 Å². The van der Waals surface area contributed by atoms with Gasteiger partial charge in [0.15, 0.2) is 0 Å². The fraction of sp³-hybridized carbons (Fsp3) is 0.462. The number of methoxy groups -OCH3 is 1. The molecule has 0 fully saturated rings. The van der Waals surface area contributed by atoms with Crippen LogP contribution in [0.25, 0.3) is 0 Å². The van der Waals surface area contributed by atoms with Crippen molar-refractivity contribution in [3.63, 3.8) is 0 Å². The molecule has 0 aliphatic rings. The van der Waals surface area contributed by atoms with Crippen molar-refractivity contribution in [2.45, 2.75) is 70.0 Å². The zero-order chi connectivity index (χ0) is 24.4. The smallest absolute Gasteiger partial charge is 0.243 e. The SMILES string of the molecule is CC[C@H](C(=O)NC(C)(C)C)N(Cc1cccc(OC)c1)C(=O)CCCSc1ccc(Cl)cc1. The van der Waals surface area contributed by atoms with Crippen LogP contribution in [0.15, 0.2) is 53.4 Å². The lowest BCUT2D eigenvalue weighted by Crippen LogP contribution is -2.53. The zero-order valence-electron chi connectivity index (χ0n) is 20.2. The third-order valence-corrected chi connectivity index (χ3v) is 6.34. The van der Waals surface area contributed by atoms with E-state index in [0.717, 1.165) is 28.4 Å². The molecule has 0 spiro atoms. The summed E-state index contributed by atoms with van der Waals surface area (Å²) in [5.74, 6) is 1.39. The van der Waals surface area contributed by atoms with Gasteiger partial charge < -0.3 is 15.0 Å². The highest BCUT2D eigenvalue weighted by Crippen LogP contribution is 2.23. The number of thioether (sulfide) groups is 1. The van der Waals surface area contributed by atoms with Gasteiger partial charge in [-0.05, 0) is 81.3 Å². The summed E-state index contributed by atoms with van der Waals surface area (Å²) in [6.45, 7) is 8.13. The number of nitrogens with one attached hydrogen (secondary N) is 1. The van der Waals surface area contributed by atoms with Gasteiger partial charge >= 0.3 is 0 Å². The molecule has 2 amide bonds. The van der Waals surface area contributed by atoms with Gasteiger partial charge in [-0.1, -0.05) is 30.7 Å². The second kappa shape index (κ2) is 12.9. The molecule has 0 saturated carbocycles. The van der Waals surface area contributed by atoms with Crippen LogP contribution in [-0.4, -0.2) is 41.2 Å². The lowest BCUT2D eigenvalue weighted by atomic mass is 10.0. The molecule has 7 heteroatoms. The summed E-state index contributed by atoms with van der Waals surface area (Å²) in [4.78, 5) is 29.2. The first-order valence-electron chi connectivity index (χ1n) is 11.3. The van der Waals surface area contributed by atoms with Crippen molar-refractivity contribution in [2.75, 3.05) is 12.9 Å². The largest absolute Gasteiger partial charge is 0.497 e. The van der Waals surface area contributed by atoms with Gasteiger partial charge in [0.2, 0.25) is 11.8 Å². The Morgan fingerprint density at radius 2 is 1.85 bits per heavy atom. The van der Waals surface area contributed by atoms with E-state index in [-0.39, 0.29) is 17.4 Å². The number of carbonyl (C=O) groups is 2. The fourth-order valence-corrected chi connectivity index (χ4v) is 4.41. The highest BCUT2D eigenvalue weighted by Gasteiger charge is 2.30. The summed E-state index contributed by atoms with van der Waals surface area (Å²) >= 11 is 7.64. The molecule has 0 saturated heterocycles. The number of ether oxygens (including phenoxy) is 1. The monoisotopic (exact) mass is 490 g/mol. The van der Waals surface area contributed by atoms with Gasteiger partial charge in [-0.15, -0.1) is 11.8 Å². The van der Waals surface area contributed by atoms with Crippen LogP contribution in [-0.2, 0) is 16.1 Å². The first-order chi connectivity index (χ1) is 15.6. The van der Waals surface area contributed by atoms with E-state index in [4.69, 9.17) is 16.3 Å². The number of benzene rings is 2. The predicted octanol–water partition coefficient (Wildman–Crippen LogP) is 5.94. The summed E-state index contributed by atoms with van der Waals surface area (Å²) in [5, 5.41) is 3.74. The number of hydrogen-bond acceptors (Lipinski definition) is 4. The minimum absolute atomic E-state index is 0.0227. The van der Waals surface area contributed by atoms with Crippen molar-refractivity contribution in [1.29, 1.82) is 0 Å². The van der Waals surface area contributed by atoms with E-state index in [2.05, 4.69) is 5.32 Å². The van der Waals surface area contributed by atoms with Crippen molar-refractivity contribution in [1.82, 2.24) is 10.2 Å². The van der Waals surface area contributed by atoms with Gasteiger partial charge in [-0.25, -0.2) is 0 Å². The average molecular weight is 491 g/mol. The van der Waals surface area contributed by atoms with Crippen molar-refractivity contribution < 1.29 is 14.3 Å². The lowest BCUT2D eigenvalue weighted by molar-refractivity contribution is -0.142. The Balaban J connectivity index is 2.10. The maximum absolute atomic E-state index is 13.3. The van der Waals surface area contributed by atoms with Crippen LogP contribution in [0.4, 0.5) is 0 Å². The molecule has 0 heterocycles. The van der Waals surface area contributed by atoms with E-state index in [9.17, 15) is 9.59 Å². The van der Waals surface area contributed by atoms with E-state index in [1.165, 1.54) is 0 Å². The zero-order valence-corrected chi connectivity index (χ0v) is 21.8. The van der Waals surface area contributed by atoms with Crippen LogP contribution < -0.4 is 10.1 Å². The van der Waals surface area contributed by atoms with Crippen LogP contribution in [0.3, 0.4) is 0 Å². The third-order valence-electron chi connectivity index (χ3n) is 4.99.